The van der Waals surface area contributed by atoms with Crippen LogP contribution >= 0.6 is 11.3 Å². The predicted octanol–water partition coefficient (Wildman–Crippen LogP) is 4.74. The Labute approximate surface area is 397 Å². The molecular weight excluding hydrogens is 873 g/mol. The number of fused-ring (bicyclic) bond motifs is 7. The van der Waals surface area contributed by atoms with E-state index in [1.54, 1.807) is 25.3 Å². The van der Waals surface area contributed by atoms with E-state index in [4.69, 9.17) is 19.4 Å². The molecule has 0 saturated carbocycles. The molecular formula is C49H66N10O7S. The van der Waals surface area contributed by atoms with Crippen molar-refractivity contribution in [2.45, 2.75) is 104 Å². The standard InChI is InChI=1S/C49H66N10O7S/c1-10-57-39-16-15-31-21-34(39)35(44(57)33-13-11-17-50-42(33)30(4)65-9)23-49(5,6)28-66-47(63)36-14-12-18-59(53-36)46(62)37(22-40-51-38(31)27-67-40)52-45(61)43(29(2)3)55(8)48(64)56-19-20-58-32(25-56)24-54(7)26-41(58)60/h11,13,15-17,21,27,29-30,32,36-37,43,53H,10,12,14,18-20,22-26,28H2,1-9H3,(H,52,61)/t30-,32-,36-,37-,43-/m0/s1. The molecule has 1 aromatic carbocycles. The van der Waals surface area contributed by atoms with E-state index in [-0.39, 0.29) is 43.0 Å². The van der Waals surface area contributed by atoms with Crippen molar-refractivity contribution >= 4 is 52.0 Å². The Morgan fingerprint density at radius 2 is 1.90 bits per heavy atom. The minimum absolute atomic E-state index is 0.0512. The van der Waals surface area contributed by atoms with Gasteiger partial charge in [0.25, 0.3) is 5.91 Å². The first-order valence-corrected chi connectivity index (χ1v) is 24.5. The number of hydrogen-bond donors (Lipinski definition) is 2. The minimum Gasteiger partial charge on any atom is -0.464 e. The van der Waals surface area contributed by atoms with Crippen molar-refractivity contribution in [3.8, 4) is 22.5 Å². The van der Waals surface area contributed by atoms with Crippen LogP contribution in [0.4, 0.5) is 4.79 Å². The van der Waals surface area contributed by atoms with Gasteiger partial charge in [-0.25, -0.2) is 15.2 Å². The Morgan fingerprint density at radius 3 is 2.64 bits per heavy atom. The smallest absolute Gasteiger partial charge is 0.324 e. The fourth-order valence-electron chi connectivity index (χ4n) is 10.3. The number of nitrogens with one attached hydrogen (secondary N) is 2. The summed E-state index contributed by atoms with van der Waals surface area (Å²) < 4.78 is 14.3. The van der Waals surface area contributed by atoms with Gasteiger partial charge >= 0.3 is 12.0 Å². The molecule has 3 saturated heterocycles. The maximum absolute atomic E-state index is 14.7. The van der Waals surface area contributed by atoms with Crippen molar-refractivity contribution in [1.82, 2.24) is 49.9 Å². The number of amides is 5. The molecule has 0 radical (unpaired) electrons. The number of pyridine rings is 1. The monoisotopic (exact) mass is 938 g/mol. The summed E-state index contributed by atoms with van der Waals surface area (Å²) in [5, 5.41) is 8.15. The summed E-state index contributed by atoms with van der Waals surface area (Å²) in [5.74, 6) is -1.61. The quantitative estimate of drug-likeness (QED) is 0.234. The van der Waals surface area contributed by atoms with Gasteiger partial charge in [-0.3, -0.25) is 34.1 Å². The Bertz CT molecular complexity index is 2520. The minimum atomic E-state index is -1.08. The zero-order valence-electron chi connectivity index (χ0n) is 40.3. The van der Waals surface area contributed by atoms with Gasteiger partial charge in [0.2, 0.25) is 11.8 Å². The molecule has 3 aromatic heterocycles. The van der Waals surface area contributed by atoms with Gasteiger partial charge in [-0.15, -0.1) is 11.3 Å². The number of cyclic esters (lactones) is 1. The van der Waals surface area contributed by atoms with Crippen LogP contribution < -0.4 is 10.7 Å². The number of aromatic nitrogens is 3. The number of rotatable bonds is 8. The predicted molar refractivity (Wildman–Crippen MR) is 256 cm³/mol. The van der Waals surface area contributed by atoms with E-state index in [9.17, 15) is 24.0 Å². The number of ether oxygens (including phenoxy) is 2. The first kappa shape index (κ1) is 48.0. The molecule has 0 spiro atoms. The van der Waals surface area contributed by atoms with Crippen LogP contribution in [0.15, 0.2) is 41.9 Å². The highest BCUT2D eigenvalue weighted by atomic mass is 32.1. The van der Waals surface area contributed by atoms with Crippen LogP contribution in [0.2, 0.25) is 0 Å². The number of nitrogens with zero attached hydrogens (tertiary/aromatic N) is 8. The number of urea groups is 1. The number of carbonyl (C=O) groups is 5. The van der Waals surface area contributed by atoms with Gasteiger partial charge in [0.15, 0.2) is 0 Å². The second-order valence-electron chi connectivity index (χ2n) is 19.7. The molecule has 4 aliphatic heterocycles. The molecule has 0 aliphatic carbocycles. The van der Waals surface area contributed by atoms with Gasteiger partial charge < -0.3 is 34.1 Å². The second kappa shape index (κ2) is 19.7. The van der Waals surface area contributed by atoms with E-state index < -0.39 is 41.3 Å². The molecule has 18 heteroatoms. The third-order valence-corrected chi connectivity index (χ3v) is 14.6. The summed E-state index contributed by atoms with van der Waals surface area (Å²) in [5.41, 5.74) is 9.29. The number of hydrazine groups is 1. The lowest BCUT2D eigenvalue weighted by Gasteiger charge is -2.47. The highest BCUT2D eigenvalue weighted by Gasteiger charge is 2.42. The molecule has 360 valence electrons. The number of carbonyl (C=O) groups excluding carboxylic acids is 5. The van der Waals surface area contributed by atoms with E-state index >= 15 is 0 Å². The molecule has 5 amide bonds. The number of benzene rings is 1. The maximum Gasteiger partial charge on any atom is 0.324 e. The number of piperazine rings is 2. The summed E-state index contributed by atoms with van der Waals surface area (Å²) >= 11 is 1.41. The lowest BCUT2D eigenvalue weighted by molar-refractivity contribution is -0.155. The van der Waals surface area contributed by atoms with Gasteiger partial charge in [-0.05, 0) is 75.9 Å². The topological polar surface area (TPSA) is 175 Å². The lowest BCUT2D eigenvalue weighted by Crippen LogP contribution is -2.66. The van der Waals surface area contributed by atoms with Crippen LogP contribution in [0, 0.1) is 11.3 Å². The molecule has 5 atom stereocenters. The summed E-state index contributed by atoms with van der Waals surface area (Å²) in [6.45, 7) is 15.4. The van der Waals surface area contributed by atoms with Crippen LogP contribution in [0.1, 0.15) is 76.8 Å². The van der Waals surface area contributed by atoms with Crippen LogP contribution in [0.25, 0.3) is 33.4 Å². The first-order chi connectivity index (χ1) is 32.0. The van der Waals surface area contributed by atoms with E-state index in [2.05, 4.69) is 60.3 Å². The van der Waals surface area contributed by atoms with E-state index in [1.165, 1.54) is 21.2 Å². The third kappa shape index (κ3) is 9.81. The fourth-order valence-corrected chi connectivity index (χ4v) is 11.2. The van der Waals surface area contributed by atoms with Gasteiger partial charge in [0, 0.05) is 98.9 Å². The second-order valence-corrected chi connectivity index (χ2v) is 20.7. The highest BCUT2D eigenvalue weighted by Crippen LogP contribution is 2.42. The number of thiazole rings is 1. The maximum atomic E-state index is 14.7. The summed E-state index contributed by atoms with van der Waals surface area (Å²) in [4.78, 5) is 87.0. The van der Waals surface area contributed by atoms with Crippen molar-refractivity contribution in [3.05, 3.63) is 58.2 Å². The molecule has 7 heterocycles. The Balaban J connectivity index is 1.14. The number of aryl methyl sites for hydroxylation is 1. The van der Waals surface area contributed by atoms with Crippen molar-refractivity contribution in [2.75, 3.05) is 67.1 Å². The van der Waals surface area contributed by atoms with E-state index in [0.717, 1.165) is 44.7 Å². The molecule has 17 nitrogen and oxygen atoms in total. The third-order valence-electron chi connectivity index (χ3n) is 13.8. The highest BCUT2D eigenvalue weighted by molar-refractivity contribution is 7.10. The number of hydrogen-bond acceptors (Lipinski definition) is 12. The Kier molecular flexibility index (Phi) is 14.1. The number of methoxy groups -OCH3 is 1. The largest absolute Gasteiger partial charge is 0.464 e. The zero-order valence-corrected chi connectivity index (χ0v) is 41.2. The first-order valence-electron chi connectivity index (χ1n) is 23.6. The summed E-state index contributed by atoms with van der Waals surface area (Å²) in [6, 6.07) is 7.19. The van der Waals surface area contributed by atoms with Gasteiger partial charge in [-0.1, -0.05) is 33.8 Å². The molecule has 67 heavy (non-hydrogen) atoms. The van der Waals surface area contributed by atoms with Gasteiger partial charge in [0.05, 0.1) is 47.4 Å². The van der Waals surface area contributed by atoms with E-state index in [0.29, 0.717) is 70.1 Å². The molecule has 0 unspecified atom stereocenters. The lowest BCUT2D eigenvalue weighted by atomic mass is 9.84. The average molecular weight is 939 g/mol. The van der Waals surface area contributed by atoms with Crippen molar-refractivity contribution in [3.63, 3.8) is 0 Å². The molecule has 4 aromatic rings. The van der Waals surface area contributed by atoms with Crippen LogP contribution in [0.5, 0.6) is 0 Å². The number of likely N-dealkylation sites (N-methyl/N-ethyl adjacent to an activating group) is 2. The molecule has 8 rings (SSSR count). The zero-order chi connectivity index (χ0) is 47.9. The molecule has 3 fully saturated rings. The molecule has 6 bridgehead atoms. The van der Waals surface area contributed by atoms with E-state index in [1.807, 2.05) is 49.1 Å². The van der Waals surface area contributed by atoms with Crippen LogP contribution in [-0.4, -0.2) is 160 Å². The summed E-state index contributed by atoms with van der Waals surface area (Å²) in [7, 11) is 5.20. The van der Waals surface area contributed by atoms with Crippen molar-refractivity contribution in [2.24, 2.45) is 11.3 Å². The molecule has 2 N–H and O–H groups in total. The average Bonchev–Trinajstić information content (AvgIpc) is 3.90. The normalized spacial score (nSPS) is 22.6. The van der Waals surface area contributed by atoms with Crippen molar-refractivity contribution in [1.29, 1.82) is 0 Å². The summed E-state index contributed by atoms with van der Waals surface area (Å²) in [6.07, 6.45) is 3.20. The van der Waals surface area contributed by atoms with Crippen LogP contribution in [-0.2, 0) is 48.0 Å². The van der Waals surface area contributed by atoms with Crippen molar-refractivity contribution < 1.29 is 33.4 Å². The Hall–Kier alpha value is -5.43. The number of esters is 1. The van der Waals surface area contributed by atoms with Gasteiger partial charge in [0.1, 0.15) is 18.1 Å². The van der Waals surface area contributed by atoms with Crippen LogP contribution in [0.3, 0.4) is 0 Å². The Morgan fingerprint density at radius 1 is 1.10 bits per heavy atom. The van der Waals surface area contributed by atoms with Gasteiger partial charge in [-0.2, -0.15) is 0 Å². The fraction of sp³-hybridized carbons (Fsp3) is 0.571. The molecule has 4 aliphatic rings. The SMILES string of the molecule is CCn1c(-c2cccnc2[C@H](C)OC)c2c3cc(ccc31)-c1csc(n1)C[C@H](NC(=O)[C@H](C(C)C)N(C)C(=O)N1CCN3C(=O)CN(C)C[C@H]3C1)C(=O)N1CCC[C@H](N1)C(=O)OCC(C)(C)C2.